The summed E-state index contributed by atoms with van der Waals surface area (Å²) < 4.78 is 0. The van der Waals surface area contributed by atoms with Gasteiger partial charge in [0.25, 0.3) is 17.4 Å². The van der Waals surface area contributed by atoms with Crippen molar-refractivity contribution in [3.8, 4) is 0 Å². The Morgan fingerprint density at radius 3 is 2.66 bits per heavy atom. The highest BCUT2D eigenvalue weighted by Gasteiger charge is 2.52. The maximum absolute atomic E-state index is 12.9. The third-order valence-electron chi connectivity index (χ3n) is 6.82. The van der Waals surface area contributed by atoms with Crippen molar-refractivity contribution in [2.45, 2.75) is 51.0 Å². The van der Waals surface area contributed by atoms with Gasteiger partial charge < -0.3 is 15.6 Å². The number of hydrogen-bond acceptors (Lipinski definition) is 6. The number of aromatic nitrogens is 2. The van der Waals surface area contributed by atoms with Crippen LogP contribution in [0.1, 0.15) is 58.7 Å². The molecule has 2 fully saturated rings. The lowest BCUT2D eigenvalue weighted by Crippen LogP contribution is -2.44. The molecule has 0 atom stereocenters. The number of urea groups is 1. The second-order valence-corrected chi connectivity index (χ2v) is 10.2. The van der Waals surface area contributed by atoms with Gasteiger partial charge in [0, 0.05) is 19.5 Å². The summed E-state index contributed by atoms with van der Waals surface area (Å²) in [7, 11) is 0. The fourth-order valence-electron chi connectivity index (χ4n) is 4.99. The highest BCUT2D eigenvalue weighted by Crippen LogP contribution is 2.35. The number of H-pyrrole nitrogens is 1. The van der Waals surface area contributed by atoms with Crippen molar-refractivity contribution < 1.29 is 14.4 Å². The number of aromatic amines is 1. The molecule has 0 bridgehead atoms. The molecule has 5 rings (SSSR count). The van der Waals surface area contributed by atoms with Crippen molar-refractivity contribution in [2.24, 2.45) is 0 Å². The average Bonchev–Trinajstić information content (AvgIpc) is 3.50. The highest BCUT2D eigenvalue weighted by molar-refractivity contribution is 7.20. The standard InChI is InChI=1S/C25H27N5O4S/c1-15-18-20(31)27-17(14-16-8-3-2-4-9-16)28-22(18)35-19(15)21(32)26-12-7-13-30-23(33)25(29-24(30)34)10-5-6-11-25/h2-4,8-9H,5-7,10-14H2,1H3,(H,26,32)(H,29,34)(H,27,28,31). The molecule has 10 heteroatoms. The summed E-state index contributed by atoms with van der Waals surface area (Å²) in [4.78, 5) is 60.2. The number of nitrogens with zero attached hydrogens (tertiary/aromatic N) is 2. The molecular weight excluding hydrogens is 466 g/mol. The first-order valence-corrected chi connectivity index (χ1v) is 12.7. The van der Waals surface area contributed by atoms with E-state index in [2.05, 4.69) is 20.6 Å². The monoisotopic (exact) mass is 493 g/mol. The lowest BCUT2D eigenvalue weighted by molar-refractivity contribution is -0.131. The fourth-order valence-corrected chi connectivity index (χ4v) is 6.11. The zero-order valence-corrected chi connectivity index (χ0v) is 20.3. The van der Waals surface area contributed by atoms with Gasteiger partial charge in [-0.3, -0.25) is 19.3 Å². The third kappa shape index (κ3) is 4.34. The number of carbonyl (C=O) groups is 3. The zero-order valence-electron chi connectivity index (χ0n) is 19.5. The maximum atomic E-state index is 12.9. The Balaban J connectivity index is 1.22. The van der Waals surface area contributed by atoms with E-state index in [1.165, 1.54) is 16.2 Å². The minimum atomic E-state index is -0.714. The first-order valence-electron chi connectivity index (χ1n) is 11.9. The van der Waals surface area contributed by atoms with Gasteiger partial charge >= 0.3 is 6.03 Å². The van der Waals surface area contributed by atoms with E-state index in [0.29, 0.717) is 58.7 Å². The highest BCUT2D eigenvalue weighted by atomic mass is 32.1. The van der Waals surface area contributed by atoms with Gasteiger partial charge in [-0.15, -0.1) is 11.3 Å². The largest absolute Gasteiger partial charge is 0.351 e. The molecule has 35 heavy (non-hydrogen) atoms. The number of hydrogen-bond donors (Lipinski definition) is 3. The molecule has 1 saturated carbocycles. The Labute approximate surface area is 205 Å². The maximum Gasteiger partial charge on any atom is 0.325 e. The first-order chi connectivity index (χ1) is 16.9. The number of fused-ring (bicyclic) bond motifs is 1. The summed E-state index contributed by atoms with van der Waals surface area (Å²) in [6, 6.07) is 9.39. The van der Waals surface area contributed by atoms with Crippen LogP contribution >= 0.6 is 11.3 Å². The molecule has 3 heterocycles. The van der Waals surface area contributed by atoms with Gasteiger partial charge in [-0.2, -0.15) is 0 Å². The molecule has 3 aromatic rings. The number of aryl methyl sites for hydroxylation is 1. The molecule has 3 N–H and O–H groups in total. The van der Waals surface area contributed by atoms with Crippen LogP contribution in [0.3, 0.4) is 0 Å². The number of nitrogens with one attached hydrogen (secondary N) is 3. The second kappa shape index (κ2) is 9.26. The van der Waals surface area contributed by atoms with E-state index in [4.69, 9.17) is 0 Å². The molecule has 4 amide bonds. The SMILES string of the molecule is Cc1c(C(=O)NCCCN2C(=O)NC3(CCCC3)C2=O)sc2nc(Cc3ccccc3)[nH]c(=O)c12. The van der Waals surface area contributed by atoms with E-state index in [1.807, 2.05) is 30.3 Å². The number of benzene rings is 1. The predicted octanol–water partition coefficient (Wildman–Crippen LogP) is 2.87. The Hall–Kier alpha value is -3.53. The van der Waals surface area contributed by atoms with Crippen LogP contribution in [0.15, 0.2) is 35.1 Å². The number of rotatable bonds is 7. The molecule has 0 unspecified atom stereocenters. The van der Waals surface area contributed by atoms with E-state index < -0.39 is 5.54 Å². The lowest BCUT2D eigenvalue weighted by Gasteiger charge is -2.20. The van der Waals surface area contributed by atoms with Gasteiger partial charge in [0.15, 0.2) is 0 Å². The zero-order chi connectivity index (χ0) is 24.6. The summed E-state index contributed by atoms with van der Waals surface area (Å²) in [5, 5.41) is 6.14. The fraction of sp³-hybridized carbons (Fsp3) is 0.400. The summed E-state index contributed by atoms with van der Waals surface area (Å²) >= 11 is 1.20. The summed E-state index contributed by atoms with van der Waals surface area (Å²) in [6.07, 6.45) is 4.21. The van der Waals surface area contributed by atoms with Gasteiger partial charge in [-0.25, -0.2) is 9.78 Å². The molecule has 0 radical (unpaired) electrons. The van der Waals surface area contributed by atoms with Gasteiger partial charge in [0.2, 0.25) is 0 Å². The Bertz CT molecular complexity index is 1360. The van der Waals surface area contributed by atoms with Gasteiger partial charge in [-0.05, 0) is 37.3 Å². The molecule has 2 aromatic heterocycles. The van der Waals surface area contributed by atoms with Crippen molar-refractivity contribution in [1.29, 1.82) is 0 Å². The van der Waals surface area contributed by atoms with Crippen LogP contribution in [-0.2, 0) is 11.2 Å². The molecule has 1 spiro atoms. The van der Waals surface area contributed by atoms with Crippen molar-refractivity contribution in [3.63, 3.8) is 0 Å². The van der Waals surface area contributed by atoms with E-state index in [9.17, 15) is 19.2 Å². The first kappa shape index (κ1) is 23.2. The third-order valence-corrected chi connectivity index (χ3v) is 8.00. The van der Waals surface area contributed by atoms with Crippen LogP contribution in [0.4, 0.5) is 4.79 Å². The Kier molecular flexibility index (Phi) is 6.14. The molecule has 1 saturated heterocycles. The minimum absolute atomic E-state index is 0.150. The van der Waals surface area contributed by atoms with Crippen molar-refractivity contribution in [3.05, 3.63) is 62.5 Å². The molecule has 182 valence electrons. The topological polar surface area (TPSA) is 124 Å². The van der Waals surface area contributed by atoms with Crippen LogP contribution in [0.5, 0.6) is 0 Å². The van der Waals surface area contributed by atoms with Gasteiger partial charge in [-0.1, -0.05) is 43.2 Å². The van der Waals surface area contributed by atoms with Crippen LogP contribution in [0, 0.1) is 6.92 Å². The van der Waals surface area contributed by atoms with Gasteiger partial charge in [0.1, 0.15) is 16.2 Å². The quantitative estimate of drug-likeness (QED) is 0.345. The lowest BCUT2D eigenvalue weighted by atomic mass is 9.98. The van der Waals surface area contributed by atoms with Crippen molar-refractivity contribution in [1.82, 2.24) is 25.5 Å². The second-order valence-electron chi connectivity index (χ2n) is 9.20. The number of amides is 4. The Morgan fingerprint density at radius 2 is 1.91 bits per heavy atom. The van der Waals surface area contributed by atoms with Gasteiger partial charge in [0.05, 0.1) is 10.3 Å². The molecule has 2 aliphatic rings. The molecule has 9 nitrogen and oxygen atoms in total. The molecular formula is C25H27N5O4S. The van der Waals surface area contributed by atoms with Crippen LogP contribution in [0.2, 0.25) is 0 Å². The normalized spacial score (nSPS) is 16.9. The smallest absolute Gasteiger partial charge is 0.325 e. The van der Waals surface area contributed by atoms with Crippen LogP contribution < -0.4 is 16.2 Å². The number of carbonyl (C=O) groups excluding carboxylic acids is 3. The summed E-state index contributed by atoms with van der Waals surface area (Å²) in [5.41, 5.74) is 0.659. The van der Waals surface area contributed by atoms with Crippen LogP contribution in [-0.4, -0.2) is 51.3 Å². The average molecular weight is 494 g/mol. The van der Waals surface area contributed by atoms with E-state index in [1.54, 1.807) is 6.92 Å². The van der Waals surface area contributed by atoms with E-state index >= 15 is 0 Å². The minimum Gasteiger partial charge on any atom is -0.351 e. The van der Waals surface area contributed by atoms with Crippen LogP contribution in [0.25, 0.3) is 10.2 Å². The summed E-state index contributed by atoms with van der Waals surface area (Å²) in [5.74, 6) is 0.109. The molecule has 1 aliphatic heterocycles. The number of thiophene rings is 1. The molecule has 1 aromatic carbocycles. The number of imide groups is 1. The summed E-state index contributed by atoms with van der Waals surface area (Å²) in [6.45, 7) is 2.30. The molecule has 1 aliphatic carbocycles. The Morgan fingerprint density at radius 1 is 1.17 bits per heavy atom. The van der Waals surface area contributed by atoms with Crippen molar-refractivity contribution in [2.75, 3.05) is 13.1 Å². The van der Waals surface area contributed by atoms with Crippen molar-refractivity contribution >= 4 is 39.4 Å². The van der Waals surface area contributed by atoms with E-state index in [0.717, 1.165) is 18.4 Å². The predicted molar refractivity (Wildman–Crippen MR) is 133 cm³/mol. The van der Waals surface area contributed by atoms with E-state index in [-0.39, 0.29) is 29.9 Å².